The van der Waals surface area contributed by atoms with Gasteiger partial charge in [0.2, 0.25) is 0 Å². The van der Waals surface area contributed by atoms with Crippen LogP contribution >= 0.6 is 0 Å². The molecule has 0 aromatic rings. The van der Waals surface area contributed by atoms with Gasteiger partial charge in [0.25, 0.3) is 0 Å². The third-order valence-corrected chi connectivity index (χ3v) is 7.55. The summed E-state index contributed by atoms with van der Waals surface area (Å²) in [5, 5.41) is 0. The average Bonchev–Trinajstić information content (AvgIpc) is 2.43. The standard InChI is InChI=1S/C17H35AsO2/c1-5-6-7-8-9-10-11-12-13-14-15-20-17(19)16(2)18(3)4/h16H,5-15H2,1-4H3. The molecule has 0 aliphatic carbocycles. The number of hydrogen-bond donors (Lipinski definition) is 0. The summed E-state index contributed by atoms with van der Waals surface area (Å²) in [6.45, 7) is 4.90. The molecule has 120 valence electrons. The first-order chi connectivity index (χ1) is 9.59. The molecule has 0 rings (SSSR count). The fraction of sp³-hybridized carbons (Fsp3) is 0.941. The van der Waals surface area contributed by atoms with E-state index in [2.05, 4.69) is 18.3 Å². The van der Waals surface area contributed by atoms with E-state index in [1.807, 2.05) is 6.92 Å². The molecule has 0 aromatic carbocycles. The fourth-order valence-electron chi connectivity index (χ4n) is 2.09. The number of esters is 1. The predicted octanol–water partition coefficient (Wildman–Crippen LogP) is 5.60. The number of ether oxygens (including phenoxy) is 1. The van der Waals surface area contributed by atoms with E-state index >= 15 is 0 Å². The molecular weight excluding hydrogens is 311 g/mol. The molecule has 0 amide bonds. The SMILES string of the molecule is CCCCCCCCCCCCOC(=O)C(C)[As](C)C. The normalized spacial score (nSPS) is 12.7. The van der Waals surface area contributed by atoms with Crippen molar-refractivity contribution in [2.75, 3.05) is 6.61 Å². The second kappa shape index (κ2) is 14.0. The predicted molar refractivity (Wildman–Crippen MR) is 89.7 cm³/mol. The van der Waals surface area contributed by atoms with E-state index < -0.39 is 14.7 Å². The topological polar surface area (TPSA) is 26.3 Å². The molecule has 1 atom stereocenters. The van der Waals surface area contributed by atoms with Crippen LogP contribution < -0.4 is 0 Å². The van der Waals surface area contributed by atoms with E-state index in [1.165, 1.54) is 57.8 Å². The average molecular weight is 346 g/mol. The Balaban J connectivity index is 3.23. The Hall–Kier alpha value is 0.0284. The van der Waals surface area contributed by atoms with Crippen molar-refractivity contribution in [1.82, 2.24) is 0 Å². The third-order valence-electron chi connectivity index (χ3n) is 3.86. The van der Waals surface area contributed by atoms with Crippen LogP contribution in [0.4, 0.5) is 0 Å². The van der Waals surface area contributed by atoms with E-state index in [1.54, 1.807) is 0 Å². The maximum atomic E-state index is 11.7. The zero-order valence-electron chi connectivity index (χ0n) is 14.1. The molecule has 20 heavy (non-hydrogen) atoms. The van der Waals surface area contributed by atoms with Gasteiger partial charge in [-0.2, -0.15) is 0 Å². The molecule has 0 saturated carbocycles. The van der Waals surface area contributed by atoms with Gasteiger partial charge in [-0.25, -0.2) is 0 Å². The second-order valence-corrected chi connectivity index (χ2v) is 11.7. The Morgan fingerprint density at radius 2 is 1.35 bits per heavy atom. The summed E-state index contributed by atoms with van der Waals surface area (Å²) >= 11 is -0.947. The van der Waals surface area contributed by atoms with E-state index in [0.29, 0.717) is 6.61 Å². The van der Waals surface area contributed by atoms with Crippen molar-refractivity contribution in [1.29, 1.82) is 0 Å². The van der Waals surface area contributed by atoms with Gasteiger partial charge in [0, 0.05) is 0 Å². The van der Waals surface area contributed by atoms with E-state index in [4.69, 9.17) is 4.74 Å². The van der Waals surface area contributed by atoms with Crippen molar-refractivity contribution in [2.24, 2.45) is 0 Å². The third kappa shape index (κ3) is 11.8. The molecule has 2 nitrogen and oxygen atoms in total. The Morgan fingerprint density at radius 3 is 1.80 bits per heavy atom. The van der Waals surface area contributed by atoms with Crippen LogP contribution in [0.5, 0.6) is 0 Å². The first-order valence-corrected chi connectivity index (χ1v) is 13.3. The van der Waals surface area contributed by atoms with Crippen LogP contribution in [0.1, 0.15) is 78.1 Å². The number of rotatable bonds is 13. The molecule has 3 heteroatoms. The van der Waals surface area contributed by atoms with Gasteiger partial charge in [-0.3, -0.25) is 0 Å². The summed E-state index contributed by atoms with van der Waals surface area (Å²) in [5.41, 5.74) is 4.42. The molecule has 0 radical (unpaired) electrons. The summed E-state index contributed by atoms with van der Waals surface area (Å²) in [7, 11) is 0. The molecule has 0 fully saturated rings. The Labute approximate surface area is 131 Å². The van der Waals surface area contributed by atoms with Crippen molar-refractivity contribution in [3.8, 4) is 0 Å². The second-order valence-electron chi connectivity index (χ2n) is 5.99. The summed E-state index contributed by atoms with van der Waals surface area (Å²) < 4.78 is 5.51. The number of unbranched alkanes of at least 4 members (excludes halogenated alkanes) is 9. The van der Waals surface area contributed by atoms with Gasteiger partial charge in [0.05, 0.1) is 0 Å². The Bertz CT molecular complexity index is 229. The van der Waals surface area contributed by atoms with Crippen LogP contribution in [0, 0.1) is 0 Å². The summed E-state index contributed by atoms with van der Waals surface area (Å²) in [6, 6.07) is 0. The number of carbonyl (C=O) groups excluding carboxylic acids is 1. The Kier molecular flexibility index (Phi) is 14.0. The fourth-order valence-corrected chi connectivity index (χ4v) is 3.13. The molecule has 0 spiro atoms. The first kappa shape index (κ1) is 20.0. The van der Waals surface area contributed by atoms with Gasteiger partial charge in [-0.05, 0) is 0 Å². The molecular formula is C17H35AsO2. The summed E-state index contributed by atoms with van der Waals surface area (Å²) in [6.07, 6.45) is 13.2. The summed E-state index contributed by atoms with van der Waals surface area (Å²) in [4.78, 5) is 11.7. The molecule has 0 heterocycles. The zero-order chi connectivity index (χ0) is 15.2. The van der Waals surface area contributed by atoms with Crippen LogP contribution in [0.25, 0.3) is 0 Å². The minimum absolute atomic E-state index is 0.0333. The molecule has 0 N–H and O–H groups in total. The molecule has 1 unspecified atom stereocenters. The quantitative estimate of drug-likeness (QED) is 0.247. The molecule has 0 aromatic heterocycles. The number of hydrogen-bond acceptors (Lipinski definition) is 2. The van der Waals surface area contributed by atoms with Gasteiger partial charge in [-0.1, -0.05) is 19.8 Å². The van der Waals surface area contributed by atoms with Crippen LogP contribution in [0.3, 0.4) is 0 Å². The van der Waals surface area contributed by atoms with Crippen molar-refractivity contribution in [3.63, 3.8) is 0 Å². The van der Waals surface area contributed by atoms with Gasteiger partial charge < -0.3 is 0 Å². The molecule has 0 bridgehead atoms. The van der Waals surface area contributed by atoms with Gasteiger partial charge in [0.15, 0.2) is 0 Å². The molecule has 0 aliphatic heterocycles. The van der Waals surface area contributed by atoms with Gasteiger partial charge in [0.1, 0.15) is 0 Å². The molecule has 0 aliphatic rings. The van der Waals surface area contributed by atoms with Crippen LogP contribution in [0.2, 0.25) is 16.1 Å². The van der Waals surface area contributed by atoms with Crippen molar-refractivity contribution in [3.05, 3.63) is 0 Å². The van der Waals surface area contributed by atoms with Crippen LogP contribution in [-0.2, 0) is 9.53 Å². The summed E-state index contributed by atoms with van der Waals surface area (Å²) in [5.74, 6) is 0.0333. The van der Waals surface area contributed by atoms with Gasteiger partial charge in [-0.15, -0.1) is 0 Å². The maximum absolute atomic E-state index is 11.7. The van der Waals surface area contributed by atoms with Crippen molar-refractivity contribution < 1.29 is 9.53 Å². The number of carbonyl (C=O) groups is 1. The van der Waals surface area contributed by atoms with Crippen LogP contribution in [-0.4, -0.2) is 27.2 Å². The van der Waals surface area contributed by atoms with Crippen molar-refractivity contribution in [2.45, 2.75) is 94.2 Å². The minimum atomic E-state index is -0.947. The Morgan fingerprint density at radius 1 is 0.900 bits per heavy atom. The van der Waals surface area contributed by atoms with Crippen LogP contribution in [0.15, 0.2) is 0 Å². The monoisotopic (exact) mass is 346 g/mol. The zero-order valence-corrected chi connectivity index (χ0v) is 16.0. The van der Waals surface area contributed by atoms with E-state index in [9.17, 15) is 4.79 Å². The van der Waals surface area contributed by atoms with E-state index in [0.717, 1.165) is 6.42 Å². The first-order valence-electron chi connectivity index (χ1n) is 8.42. The van der Waals surface area contributed by atoms with Crippen molar-refractivity contribution >= 4 is 20.6 Å². The molecule has 0 saturated heterocycles. The van der Waals surface area contributed by atoms with E-state index in [-0.39, 0.29) is 10.7 Å². The van der Waals surface area contributed by atoms with Gasteiger partial charge >= 0.3 is 111 Å².